The number of pyridine rings is 1. The Morgan fingerprint density at radius 1 is 1.15 bits per heavy atom. The minimum atomic E-state index is -0.195. The predicted octanol–water partition coefficient (Wildman–Crippen LogP) is 4.73. The number of hydrogen-bond donors (Lipinski definition) is 2. The number of halogens is 1. The number of carbonyl (C=O) groups excluding carboxylic acids is 1. The molecular weight excluding hydrogens is 362 g/mol. The van der Waals surface area contributed by atoms with E-state index < -0.39 is 0 Å². The minimum absolute atomic E-state index is 0.195. The molecule has 0 aliphatic carbocycles. The number of aryl methyl sites for hydroxylation is 1. The molecule has 0 bridgehead atoms. The molecule has 0 atom stereocenters. The second kappa shape index (κ2) is 8.56. The molecule has 5 nitrogen and oxygen atoms in total. The van der Waals surface area contributed by atoms with Gasteiger partial charge in [-0.3, -0.25) is 4.79 Å². The number of carbonyl (C=O) groups is 1. The summed E-state index contributed by atoms with van der Waals surface area (Å²) in [5.41, 5.74) is 3.33. The van der Waals surface area contributed by atoms with Crippen molar-refractivity contribution < 1.29 is 9.53 Å². The highest BCUT2D eigenvalue weighted by Gasteiger charge is 2.09. The van der Waals surface area contributed by atoms with Gasteiger partial charge in [-0.25, -0.2) is 4.98 Å². The summed E-state index contributed by atoms with van der Waals surface area (Å²) in [6.07, 6.45) is 1.54. The summed E-state index contributed by atoms with van der Waals surface area (Å²) in [5.74, 6) is 1.19. The van der Waals surface area contributed by atoms with Crippen LogP contribution in [-0.4, -0.2) is 18.0 Å². The Bertz CT molecular complexity index is 942. The first-order valence-electron chi connectivity index (χ1n) is 8.46. The number of nitrogens with one attached hydrogen (secondary N) is 2. The molecule has 138 valence electrons. The van der Waals surface area contributed by atoms with Crippen molar-refractivity contribution in [3.8, 4) is 5.75 Å². The number of ether oxygens (including phenoxy) is 1. The maximum absolute atomic E-state index is 12.4. The minimum Gasteiger partial charge on any atom is -0.496 e. The average Bonchev–Trinajstić information content (AvgIpc) is 2.69. The van der Waals surface area contributed by atoms with Crippen LogP contribution >= 0.6 is 11.6 Å². The second-order valence-corrected chi connectivity index (χ2v) is 6.45. The molecule has 0 unspecified atom stereocenters. The highest BCUT2D eigenvalue weighted by molar-refractivity contribution is 6.30. The van der Waals surface area contributed by atoms with E-state index in [1.807, 2.05) is 49.4 Å². The number of hydrogen-bond acceptors (Lipinski definition) is 4. The molecule has 27 heavy (non-hydrogen) atoms. The van der Waals surface area contributed by atoms with E-state index >= 15 is 0 Å². The molecular formula is C21H20ClN3O2. The van der Waals surface area contributed by atoms with Crippen LogP contribution in [0.3, 0.4) is 0 Å². The molecule has 0 aliphatic rings. The fourth-order valence-electron chi connectivity index (χ4n) is 2.60. The predicted molar refractivity (Wildman–Crippen MR) is 108 cm³/mol. The third kappa shape index (κ3) is 4.77. The van der Waals surface area contributed by atoms with Gasteiger partial charge in [0.25, 0.3) is 5.91 Å². The van der Waals surface area contributed by atoms with Gasteiger partial charge in [0.1, 0.15) is 11.6 Å². The van der Waals surface area contributed by atoms with Crippen molar-refractivity contribution in [3.63, 3.8) is 0 Å². The SMILES string of the molecule is COc1ccccc1CNC(=O)c1ccc(Nc2cc(Cl)ccc2C)nc1. The molecule has 6 heteroatoms. The lowest BCUT2D eigenvalue weighted by Crippen LogP contribution is -2.23. The largest absolute Gasteiger partial charge is 0.496 e. The van der Waals surface area contributed by atoms with E-state index in [1.54, 1.807) is 25.4 Å². The number of amides is 1. The summed E-state index contributed by atoms with van der Waals surface area (Å²) < 4.78 is 5.29. The van der Waals surface area contributed by atoms with Crippen LogP contribution in [0.1, 0.15) is 21.5 Å². The van der Waals surface area contributed by atoms with E-state index in [0.29, 0.717) is 22.9 Å². The van der Waals surface area contributed by atoms with Gasteiger partial charge in [-0.2, -0.15) is 0 Å². The van der Waals surface area contributed by atoms with Crippen molar-refractivity contribution in [2.45, 2.75) is 13.5 Å². The lowest BCUT2D eigenvalue weighted by Gasteiger charge is -2.11. The Hall–Kier alpha value is -3.05. The maximum atomic E-state index is 12.4. The van der Waals surface area contributed by atoms with E-state index in [9.17, 15) is 4.79 Å². The van der Waals surface area contributed by atoms with E-state index in [1.165, 1.54) is 0 Å². The molecule has 0 aliphatic heterocycles. The molecule has 3 aromatic rings. The zero-order chi connectivity index (χ0) is 19.2. The Kier molecular flexibility index (Phi) is 5.94. The smallest absolute Gasteiger partial charge is 0.253 e. The van der Waals surface area contributed by atoms with Crippen molar-refractivity contribution in [1.82, 2.24) is 10.3 Å². The van der Waals surface area contributed by atoms with Crippen molar-refractivity contribution in [3.05, 3.63) is 82.5 Å². The summed E-state index contributed by atoms with van der Waals surface area (Å²) in [4.78, 5) is 16.7. The zero-order valence-corrected chi connectivity index (χ0v) is 15.9. The van der Waals surface area contributed by atoms with Gasteiger partial charge >= 0.3 is 0 Å². The maximum Gasteiger partial charge on any atom is 0.253 e. The van der Waals surface area contributed by atoms with Crippen molar-refractivity contribution >= 4 is 29.0 Å². The van der Waals surface area contributed by atoms with Gasteiger partial charge < -0.3 is 15.4 Å². The van der Waals surface area contributed by atoms with E-state index in [2.05, 4.69) is 15.6 Å². The number of nitrogens with zero attached hydrogens (tertiary/aromatic N) is 1. The van der Waals surface area contributed by atoms with Gasteiger partial charge in [0.2, 0.25) is 0 Å². The van der Waals surface area contributed by atoms with Crippen LogP contribution in [0.5, 0.6) is 5.75 Å². The number of methoxy groups -OCH3 is 1. The van der Waals surface area contributed by atoms with Crippen LogP contribution in [0.15, 0.2) is 60.8 Å². The van der Waals surface area contributed by atoms with Gasteiger partial charge in [0.05, 0.1) is 12.7 Å². The van der Waals surface area contributed by atoms with Gasteiger partial charge in [0, 0.05) is 29.0 Å². The molecule has 2 aromatic carbocycles. The highest BCUT2D eigenvalue weighted by atomic mass is 35.5. The van der Waals surface area contributed by atoms with Crippen LogP contribution in [0.25, 0.3) is 0 Å². The first kappa shape index (κ1) is 18.7. The number of aromatic nitrogens is 1. The van der Waals surface area contributed by atoms with Crippen LogP contribution in [0.2, 0.25) is 5.02 Å². The Morgan fingerprint density at radius 2 is 1.96 bits per heavy atom. The lowest BCUT2D eigenvalue weighted by molar-refractivity contribution is 0.0950. The topological polar surface area (TPSA) is 63.2 Å². The highest BCUT2D eigenvalue weighted by Crippen LogP contribution is 2.23. The number of rotatable bonds is 6. The molecule has 1 aromatic heterocycles. The molecule has 1 amide bonds. The Balaban J connectivity index is 1.64. The third-order valence-electron chi connectivity index (χ3n) is 4.12. The average molecular weight is 382 g/mol. The van der Waals surface area contributed by atoms with E-state index in [4.69, 9.17) is 16.3 Å². The molecule has 0 saturated carbocycles. The first-order valence-corrected chi connectivity index (χ1v) is 8.84. The fourth-order valence-corrected chi connectivity index (χ4v) is 2.77. The standard InChI is InChI=1S/C21H20ClN3O2/c1-14-7-9-17(22)11-18(14)25-20-10-8-16(13-23-20)21(26)24-12-15-5-3-4-6-19(15)27-2/h3-11,13H,12H2,1-2H3,(H,23,25)(H,24,26). The molecule has 3 rings (SSSR count). The third-order valence-corrected chi connectivity index (χ3v) is 4.36. The molecule has 0 fully saturated rings. The summed E-state index contributed by atoms with van der Waals surface area (Å²) in [6, 6.07) is 16.7. The summed E-state index contributed by atoms with van der Waals surface area (Å²) in [6.45, 7) is 2.36. The summed E-state index contributed by atoms with van der Waals surface area (Å²) in [5, 5.41) is 6.74. The van der Waals surface area contributed by atoms with Crippen LogP contribution in [-0.2, 0) is 6.54 Å². The van der Waals surface area contributed by atoms with E-state index in [0.717, 1.165) is 22.6 Å². The lowest BCUT2D eigenvalue weighted by atomic mass is 10.2. The normalized spacial score (nSPS) is 10.3. The summed E-state index contributed by atoms with van der Waals surface area (Å²) >= 11 is 6.03. The van der Waals surface area contributed by atoms with Gasteiger partial charge in [0.15, 0.2) is 0 Å². The van der Waals surface area contributed by atoms with Gasteiger partial charge in [-0.1, -0.05) is 35.9 Å². The number of para-hydroxylation sites is 1. The van der Waals surface area contributed by atoms with Crippen molar-refractivity contribution in [1.29, 1.82) is 0 Å². The molecule has 2 N–H and O–H groups in total. The molecule has 0 radical (unpaired) electrons. The zero-order valence-electron chi connectivity index (χ0n) is 15.1. The molecule has 1 heterocycles. The number of benzene rings is 2. The molecule has 0 spiro atoms. The van der Waals surface area contributed by atoms with Gasteiger partial charge in [-0.15, -0.1) is 0 Å². The van der Waals surface area contributed by atoms with E-state index in [-0.39, 0.29) is 5.91 Å². The fraction of sp³-hybridized carbons (Fsp3) is 0.143. The van der Waals surface area contributed by atoms with Crippen molar-refractivity contribution in [2.24, 2.45) is 0 Å². The van der Waals surface area contributed by atoms with Crippen LogP contribution in [0.4, 0.5) is 11.5 Å². The quantitative estimate of drug-likeness (QED) is 0.648. The Labute approximate surface area is 163 Å². The van der Waals surface area contributed by atoms with Crippen LogP contribution < -0.4 is 15.4 Å². The first-order chi connectivity index (χ1) is 13.1. The van der Waals surface area contributed by atoms with Gasteiger partial charge in [-0.05, 0) is 42.8 Å². The van der Waals surface area contributed by atoms with Crippen molar-refractivity contribution in [2.75, 3.05) is 12.4 Å². The van der Waals surface area contributed by atoms with Crippen LogP contribution in [0, 0.1) is 6.92 Å². The number of anilines is 2. The monoisotopic (exact) mass is 381 g/mol. The molecule has 0 saturated heterocycles. The second-order valence-electron chi connectivity index (χ2n) is 6.01. The Morgan fingerprint density at radius 3 is 2.70 bits per heavy atom. The summed E-state index contributed by atoms with van der Waals surface area (Å²) in [7, 11) is 1.61.